The van der Waals surface area contributed by atoms with Crippen LogP contribution in [-0.2, 0) is 14.3 Å². The van der Waals surface area contributed by atoms with E-state index in [1.54, 1.807) is 0 Å². The lowest BCUT2D eigenvalue weighted by molar-refractivity contribution is -0.152. The Morgan fingerprint density at radius 1 is 1.27 bits per heavy atom. The van der Waals surface area contributed by atoms with Crippen molar-refractivity contribution in [3.63, 3.8) is 0 Å². The van der Waals surface area contributed by atoms with Crippen molar-refractivity contribution in [2.45, 2.75) is 72.1 Å². The van der Waals surface area contributed by atoms with Crippen molar-refractivity contribution in [1.82, 2.24) is 15.5 Å². The molecule has 0 bridgehead atoms. The van der Waals surface area contributed by atoms with E-state index in [-0.39, 0.29) is 18.6 Å². The second-order valence-corrected chi connectivity index (χ2v) is 7.96. The number of rotatable bonds is 8. The van der Waals surface area contributed by atoms with Gasteiger partial charge in [0.05, 0.1) is 12.7 Å². The van der Waals surface area contributed by atoms with Crippen LogP contribution < -0.4 is 10.6 Å². The topological polar surface area (TPSA) is 75.2 Å². The highest BCUT2D eigenvalue weighted by atomic mass is 16.6. The Morgan fingerprint density at radius 2 is 1.92 bits per heavy atom. The van der Waals surface area contributed by atoms with Crippen molar-refractivity contribution in [3.05, 3.63) is 0 Å². The van der Waals surface area contributed by atoms with Gasteiger partial charge in [-0.05, 0) is 54.4 Å². The summed E-state index contributed by atoms with van der Waals surface area (Å²) in [5.41, 5.74) is -0.482. The highest BCUT2D eigenvalue weighted by Crippen LogP contribution is 2.10. The Kier molecular flexibility index (Phi) is 9.94. The SMILES string of the molecule is CCNC(=NCC(=O)OC(C)(C)C)NC1CCN(CCOC(C)C)CC1. The first-order chi connectivity index (χ1) is 12.2. The molecular formula is C19H38N4O3. The third-order valence-corrected chi connectivity index (χ3v) is 3.92. The number of guanidine groups is 1. The minimum absolute atomic E-state index is 0.0258. The summed E-state index contributed by atoms with van der Waals surface area (Å²) >= 11 is 0. The molecule has 7 heteroatoms. The molecule has 1 aliphatic heterocycles. The average Bonchev–Trinajstić information content (AvgIpc) is 2.52. The number of piperidine rings is 1. The Bertz CT molecular complexity index is 439. The van der Waals surface area contributed by atoms with Gasteiger partial charge < -0.3 is 25.0 Å². The van der Waals surface area contributed by atoms with Gasteiger partial charge in [0.1, 0.15) is 12.1 Å². The Hall–Kier alpha value is -1.34. The molecule has 1 rings (SSSR count). The number of carbonyl (C=O) groups is 1. The van der Waals surface area contributed by atoms with Gasteiger partial charge in [0.2, 0.25) is 0 Å². The van der Waals surface area contributed by atoms with E-state index in [0.29, 0.717) is 12.0 Å². The van der Waals surface area contributed by atoms with E-state index in [2.05, 4.69) is 34.4 Å². The molecule has 0 aliphatic carbocycles. The summed E-state index contributed by atoms with van der Waals surface area (Å²) in [6.07, 6.45) is 2.40. The van der Waals surface area contributed by atoms with Crippen LogP contribution in [0.1, 0.15) is 54.4 Å². The van der Waals surface area contributed by atoms with E-state index in [9.17, 15) is 4.79 Å². The molecule has 0 aromatic carbocycles. The van der Waals surface area contributed by atoms with Gasteiger partial charge in [0.25, 0.3) is 0 Å². The van der Waals surface area contributed by atoms with Gasteiger partial charge >= 0.3 is 5.97 Å². The lowest BCUT2D eigenvalue weighted by Gasteiger charge is -2.33. The average molecular weight is 371 g/mol. The van der Waals surface area contributed by atoms with E-state index >= 15 is 0 Å². The molecule has 152 valence electrons. The van der Waals surface area contributed by atoms with E-state index in [1.165, 1.54) is 0 Å². The van der Waals surface area contributed by atoms with Crippen molar-refractivity contribution < 1.29 is 14.3 Å². The molecule has 1 fully saturated rings. The van der Waals surface area contributed by atoms with E-state index in [4.69, 9.17) is 9.47 Å². The number of hydrogen-bond donors (Lipinski definition) is 2. The molecule has 0 unspecified atom stereocenters. The molecule has 0 atom stereocenters. The van der Waals surface area contributed by atoms with Crippen molar-refractivity contribution in [2.75, 3.05) is 39.3 Å². The zero-order valence-corrected chi connectivity index (χ0v) is 17.4. The molecule has 0 amide bonds. The molecule has 0 aromatic rings. The van der Waals surface area contributed by atoms with E-state index in [1.807, 2.05) is 27.7 Å². The first kappa shape index (κ1) is 22.7. The van der Waals surface area contributed by atoms with Crippen LogP contribution in [-0.4, -0.2) is 73.9 Å². The van der Waals surface area contributed by atoms with E-state index < -0.39 is 5.60 Å². The fraction of sp³-hybridized carbons (Fsp3) is 0.895. The third kappa shape index (κ3) is 10.6. The first-order valence-electron chi connectivity index (χ1n) is 9.80. The second-order valence-electron chi connectivity index (χ2n) is 7.96. The number of aliphatic imine (C=N–C) groups is 1. The molecule has 7 nitrogen and oxygen atoms in total. The summed E-state index contributed by atoms with van der Waals surface area (Å²) < 4.78 is 10.9. The number of likely N-dealkylation sites (tertiary alicyclic amines) is 1. The van der Waals surface area contributed by atoms with Crippen LogP contribution >= 0.6 is 0 Å². The lowest BCUT2D eigenvalue weighted by Crippen LogP contribution is -2.49. The molecule has 1 saturated heterocycles. The van der Waals surface area contributed by atoms with Crippen LogP contribution in [0.25, 0.3) is 0 Å². The molecule has 0 saturated carbocycles. The van der Waals surface area contributed by atoms with Crippen LogP contribution in [0.5, 0.6) is 0 Å². The minimum Gasteiger partial charge on any atom is -0.459 e. The maximum absolute atomic E-state index is 11.8. The number of esters is 1. The monoisotopic (exact) mass is 370 g/mol. The van der Waals surface area contributed by atoms with Crippen LogP contribution in [0.2, 0.25) is 0 Å². The molecular weight excluding hydrogens is 332 g/mol. The molecule has 26 heavy (non-hydrogen) atoms. The maximum Gasteiger partial charge on any atom is 0.328 e. The summed E-state index contributed by atoms with van der Waals surface area (Å²) in [6, 6.07) is 0.369. The quantitative estimate of drug-likeness (QED) is 0.385. The summed E-state index contributed by atoms with van der Waals surface area (Å²) in [7, 11) is 0. The standard InChI is InChI=1S/C19H38N4O3/c1-7-20-18(21-14-17(24)26-19(4,5)6)22-16-8-10-23(11-9-16)12-13-25-15(2)3/h15-16H,7-14H2,1-6H3,(H2,20,21,22). The second kappa shape index (κ2) is 11.4. The highest BCUT2D eigenvalue weighted by molar-refractivity contribution is 5.83. The van der Waals surface area contributed by atoms with Crippen molar-refractivity contribution in [2.24, 2.45) is 4.99 Å². The van der Waals surface area contributed by atoms with Crippen molar-refractivity contribution >= 4 is 11.9 Å². The fourth-order valence-electron chi connectivity index (χ4n) is 2.75. The Morgan fingerprint density at radius 3 is 2.46 bits per heavy atom. The van der Waals surface area contributed by atoms with Crippen molar-refractivity contribution in [1.29, 1.82) is 0 Å². The third-order valence-electron chi connectivity index (χ3n) is 3.92. The van der Waals surface area contributed by atoms with Crippen molar-refractivity contribution in [3.8, 4) is 0 Å². The van der Waals surface area contributed by atoms with Crippen LogP contribution in [0.3, 0.4) is 0 Å². The molecule has 0 aromatic heterocycles. The number of carbonyl (C=O) groups excluding carboxylic acids is 1. The predicted molar refractivity (Wildman–Crippen MR) is 106 cm³/mol. The highest BCUT2D eigenvalue weighted by Gasteiger charge is 2.20. The first-order valence-corrected chi connectivity index (χ1v) is 9.80. The number of ether oxygens (including phenoxy) is 2. The lowest BCUT2D eigenvalue weighted by atomic mass is 10.1. The summed E-state index contributed by atoms with van der Waals surface area (Å²) in [4.78, 5) is 18.6. The number of nitrogens with one attached hydrogen (secondary N) is 2. The predicted octanol–water partition coefficient (Wildman–Crippen LogP) is 1.77. The molecule has 0 radical (unpaired) electrons. The van der Waals surface area contributed by atoms with Gasteiger partial charge in [-0.1, -0.05) is 0 Å². The Balaban J connectivity index is 2.39. The minimum atomic E-state index is -0.482. The number of nitrogens with zero attached hydrogens (tertiary/aromatic N) is 2. The molecule has 0 spiro atoms. The summed E-state index contributed by atoms with van der Waals surface area (Å²) in [5, 5.41) is 6.65. The van der Waals surface area contributed by atoms with Crippen LogP contribution in [0, 0.1) is 0 Å². The van der Waals surface area contributed by atoms with Gasteiger partial charge in [-0.25, -0.2) is 4.99 Å². The van der Waals surface area contributed by atoms with E-state index in [0.717, 1.165) is 45.6 Å². The maximum atomic E-state index is 11.8. The molecule has 1 heterocycles. The van der Waals surface area contributed by atoms with Crippen LogP contribution in [0.15, 0.2) is 4.99 Å². The number of hydrogen-bond acceptors (Lipinski definition) is 5. The van der Waals surface area contributed by atoms with Gasteiger partial charge in [-0.2, -0.15) is 0 Å². The van der Waals surface area contributed by atoms with Gasteiger partial charge in [0, 0.05) is 32.2 Å². The van der Waals surface area contributed by atoms with Gasteiger partial charge in [-0.3, -0.25) is 4.79 Å². The molecule has 1 aliphatic rings. The zero-order chi connectivity index (χ0) is 19.6. The fourth-order valence-corrected chi connectivity index (χ4v) is 2.75. The zero-order valence-electron chi connectivity index (χ0n) is 17.4. The summed E-state index contributed by atoms with van der Waals surface area (Å²) in [5.74, 6) is 0.370. The normalized spacial score (nSPS) is 17.4. The molecule has 2 N–H and O–H groups in total. The Labute approximate surface area is 158 Å². The smallest absolute Gasteiger partial charge is 0.328 e. The van der Waals surface area contributed by atoms with Gasteiger partial charge in [0.15, 0.2) is 5.96 Å². The largest absolute Gasteiger partial charge is 0.459 e. The van der Waals surface area contributed by atoms with Gasteiger partial charge in [-0.15, -0.1) is 0 Å². The van der Waals surface area contributed by atoms with Crippen LogP contribution in [0.4, 0.5) is 0 Å². The summed E-state index contributed by atoms with van der Waals surface area (Å²) in [6.45, 7) is 16.4.